The summed E-state index contributed by atoms with van der Waals surface area (Å²) >= 11 is 5.45. The van der Waals surface area contributed by atoms with Crippen LogP contribution in [-0.2, 0) is 0 Å². The molecule has 0 saturated carbocycles. The molecule has 1 heterocycles. The highest BCUT2D eigenvalue weighted by atomic mass is 35.5. The van der Waals surface area contributed by atoms with Gasteiger partial charge in [-0.1, -0.05) is 11.6 Å². The lowest BCUT2D eigenvalue weighted by atomic mass is 10.5. The Morgan fingerprint density at radius 3 is 2.78 bits per heavy atom. The number of hydrogen-bond donors (Lipinski definition) is 1. The lowest BCUT2D eigenvalue weighted by Crippen LogP contribution is -2.24. The van der Waals surface area contributed by atoms with Crippen molar-refractivity contribution in [3.05, 3.63) is 33.7 Å². The Kier molecular flexibility index (Phi) is 1.44. The van der Waals surface area contributed by atoms with Crippen LogP contribution in [0.2, 0.25) is 5.02 Å². The van der Waals surface area contributed by atoms with Gasteiger partial charge in [-0.15, -0.1) is 0 Å². The van der Waals surface area contributed by atoms with Gasteiger partial charge in [0, 0.05) is 17.3 Å². The lowest BCUT2D eigenvalue weighted by Gasteiger charge is -1.93. The van der Waals surface area contributed by atoms with Crippen LogP contribution in [0, 0.1) is 0 Å². The molecule has 0 aromatic carbocycles. The molecule has 9 heavy (non-hydrogen) atoms. The van der Waals surface area contributed by atoms with Crippen molar-refractivity contribution in [3.63, 3.8) is 0 Å². The van der Waals surface area contributed by atoms with E-state index in [-0.39, 0.29) is 5.56 Å². The van der Waals surface area contributed by atoms with E-state index in [2.05, 4.69) is 0 Å². The van der Waals surface area contributed by atoms with Gasteiger partial charge in [-0.2, -0.15) is 0 Å². The number of pyridine rings is 1. The summed E-state index contributed by atoms with van der Waals surface area (Å²) in [4.78, 5) is 10.6. The van der Waals surface area contributed by atoms with Crippen molar-refractivity contribution in [2.75, 3.05) is 5.84 Å². The van der Waals surface area contributed by atoms with E-state index in [0.29, 0.717) is 5.02 Å². The minimum atomic E-state index is -0.303. The molecule has 0 saturated heterocycles. The fourth-order valence-corrected chi connectivity index (χ4v) is 0.615. The molecule has 0 atom stereocenters. The van der Waals surface area contributed by atoms with Crippen LogP contribution in [0.25, 0.3) is 0 Å². The zero-order chi connectivity index (χ0) is 6.85. The smallest absolute Gasteiger partial charge is 0.270 e. The summed E-state index contributed by atoms with van der Waals surface area (Å²) in [5, 5.41) is 0.404. The largest absolute Gasteiger partial charge is 0.336 e. The molecule has 0 unspecified atom stereocenters. The first-order chi connectivity index (χ1) is 4.20. The Morgan fingerprint density at radius 2 is 2.33 bits per heavy atom. The van der Waals surface area contributed by atoms with Gasteiger partial charge in [0.05, 0.1) is 0 Å². The molecule has 0 radical (unpaired) electrons. The molecule has 0 aliphatic rings. The number of hydrogen-bond acceptors (Lipinski definition) is 2. The molecule has 2 N–H and O–H groups in total. The fourth-order valence-electron chi connectivity index (χ4n) is 0.466. The lowest BCUT2D eigenvalue weighted by molar-refractivity contribution is 0.937. The van der Waals surface area contributed by atoms with Gasteiger partial charge in [-0.3, -0.25) is 4.79 Å². The number of nitrogens with two attached hydrogens (primary N) is 1. The van der Waals surface area contributed by atoms with E-state index in [9.17, 15) is 4.79 Å². The number of aromatic nitrogens is 1. The maximum absolute atomic E-state index is 10.6. The van der Waals surface area contributed by atoms with Crippen LogP contribution in [0.4, 0.5) is 0 Å². The Morgan fingerprint density at radius 1 is 1.67 bits per heavy atom. The van der Waals surface area contributed by atoms with E-state index in [1.807, 2.05) is 0 Å². The van der Waals surface area contributed by atoms with Gasteiger partial charge in [-0.05, 0) is 6.07 Å². The summed E-state index contributed by atoms with van der Waals surface area (Å²) in [5.41, 5.74) is -0.303. The highest BCUT2D eigenvalue weighted by Gasteiger charge is 1.88. The molecule has 3 nitrogen and oxygen atoms in total. The van der Waals surface area contributed by atoms with Crippen molar-refractivity contribution in [2.24, 2.45) is 0 Å². The molecule has 0 aliphatic carbocycles. The number of nitrogens with zero attached hydrogens (tertiary/aromatic N) is 1. The third kappa shape index (κ3) is 1.23. The third-order valence-corrected chi connectivity index (χ3v) is 1.15. The summed E-state index contributed by atoms with van der Waals surface area (Å²) in [7, 11) is 0. The monoisotopic (exact) mass is 144 g/mol. The predicted molar refractivity (Wildman–Crippen MR) is 35.9 cm³/mol. The van der Waals surface area contributed by atoms with Crippen LogP contribution in [0.3, 0.4) is 0 Å². The summed E-state index contributed by atoms with van der Waals surface area (Å²) in [6.45, 7) is 0. The normalized spacial score (nSPS) is 9.44. The van der Waals surface area contributed by atoms with Gasteiger partial charge < -0.3 is 5.84 Å². The first kappa shape index (κ1) is 6.16. The van der Waals surface area contributed by atoms with Crippen molar-refractivity contribution in [3.8, 4) is 0 Å². The van der Waals surface area contributed by atoms with Crippen molar-refractivity contribution >= 4 is 11.6 Å². The zero-order valence-electron chi connectivity index (χ0n) is 4.54. The molecular weight excluding hydrogens is 140 g/mol. The summed E-state index contributed by atoms with van der Waals surface area (Å²) in [5.74, 6) is 5.13. The van der Waals surface area contributed by atoms with Crippen LogP contribution in [-0.4, -0.2) is 4.68 Å². The molecule has 1 aromatic heterocycles. The molecular formula is C5H5ClN2O. The van der Waals surface area contributed by atoms with E-state index in [1.165, 1.54) is 12.3 Å². The quantitative estimate of drug-likeness (QED) is 0.530. The van der Waals surface area contributed by atoms with Gasteiger partial charge in [0.25, 0.3) is 5.56 Å². The highest BCUT2D eigenvalue weighted by Crippen LogP contribution is 1.99. The van der Waals surface area contributed by atoms with Gasteiger partial charge in [0.15, 0.2) is 0 Å². The van der Waals surface area contributed by atoms with Gasteiger partial charge >= 0.3 is 0 Å². The predicted octanol–water partition coefficient (Wildman–Crippen LogP) is 0.215. The van der Waals surface area contributed by atoms with Crippen molar-refractivity contribution in [1.82, 2.24) is 4.68 Å². The second-order valence-corrected chi connectivity index (χ2v) is 2.03. The first-order valence-electron chi connectivity index (χ1n) is 2.33. The minimum Gasteiger partial charge on any atom is -0.336 e. The van der Waals surface area contributed by atoms with E-state index < -0.39 is 0 Å². The van der Waals surface area contributed by atoms with Crippen molar-refractivity contribution < 1.29 is 0 Å². The van der Waals surface area contributed by atoms with Crippen molar-refractivity contribution in [1.29, 1.82) is 0 Å². The molecule has 0 bridgehead atoms. The Bertz CT molecular complexity index is 268. The second-order valence-electron chi connectivity index (χ2n) is 1.59. The molecule has 0 fully saturated rings. The number of rotatable bonds is 0. The van der Waals surface area contributed by atoms with E-state index in [4.69, 9.17) is 17.4 Å². The van der Waals surface area contributed by atoms with Crippen LogP contribution < -0.4 is 11.4 Å². The van der Waals surface area contributed by atoms with Crippen LogP contribution in [0.15, 0.2) is 23.1 Å². The zero-order valence-corrected chi connectivity index (χ0v) is 5.30. The van der Waals surface area contributed by atoms with Gasteiger partial charge in [-0.25, -0.2) is 4.68 Å². The number of nitrogen functional groups attached to an aromatic ring is 1. The highest BCUT2D eigenvalue weighted by molar-refractivity contribution is 6.30. The number of halogens is 1. The van der Waals surface area contributed by atoms with Crippen molar-refractivity contribution in [2.45, 2.75) is 0 Å². The summed E-state index contributed by atoms with van der Waals surface area (Å²) in [6, 6.07) is 2.80. The topological polar surface area (TPSA) is 48.0 Å². The van der Waals surface area contributed by atoms with E-state index in [0.717, 1.165) is 4.68 Å². The Hall–Kier alpha value is -0.960. The Labute approximate surface area is 56.6 Å². The fraction of sp³-hybridized carbons (Fsp3) is 0. The van der Waals surface area contributed by atoms with Crippen LogP contribution >= 0.6 is 11.6 Å². The van der Waals surface area contributed by atoms with Gasteiger partial charge in [0.2, 0.25) is 0 Å². The summed E-state index contributed by atoms with van der Waals surface area (Å²) < 4.78 is 0.964. The SMILES string of the molecule is Nn1ccc(Cl)cc1=O. The second kappa shape index (κ2) is 2.11. The summed E-state index contributed by atoms with van der Waals surface area (Å²) in [6.07, 6.45) is 1.41. The van der Waals surface area contributed by atoms with Crippen LogP contribution in [0.5, 0.6) is 0 Å². The standard InChI is InChI=1S/C5H5ClN2O/c6-4-1-2-8(7)5(9)3-4/h1-3H,7H2. The maximum atomic E-state index is 10.6. The molecule has 0 spiro atoms. The Balaban J connectivity index is 3.34. The maximum Gasteiger partial charge on any atom is 0.270 e. The average Bonchev–Trinajstić information content (AvgIpc) is 1.80. The minimum absolute atomic E-state index is 0.303. The molecule has 1 aromatic rings. The van der Waals surface area contributed by atoms with Gasteiger partial charge in [0.1, 0.15) is 0 Å². The average molecular weight is 145 g/mol. The molecule has 0 amide bonds. The van der Waals surface area contributed by atoms with Crippen LogP contribution in [0.1, 0.15) is 0 Å². The third-order valence-electron chi connectivity index (χ3n) is 0.910. The molecule has 1 rings (SSSR count). The first-order valence-corrected chi connectivity index (χ1v) is 2.71. The molecule has 4 heteroatoms. The van der Waals surface area contributed by atoms with E-state index >= 15 is 0 Å². The molecule has 48 valence electrons. The molecule has 0 aliphatic heterocycles. The van der Waals surface area contributed by atoms with E-state index in [1.54, 1.807) is 6.07 Å².